The molecule has 3 aromatic rings. The highest BCUT2D eigenvalue weighted by atomic mass is 32.2. The Hall–Kier alpha value is -4.18. The maximum Gasteiger partial charge on any atom is 0.338 e. The number of sulfonamides is 1. The predicted octanol–water partition coefficient (Wildman–Crippen LogP) is 2.67. The summed E-state index contributed by atoms with van der Waals surface area (Å²) in [7, 11) is -3.83. The average Bonchev–Trinajstić information content (AvgIpc) is 2.82. The van der Waals surface area contributed by atoms with Crippen molar-refractivity contribution < 1.29 is 27.5 Å². The highest BCUT2D eigenvalue weighted by Gasteiger charge is 2.17. The number of rotatable bonds is 8. The molecular weight excluding hydrogens is 446 g/mol. The predicted molar refractivity (Wildman–Crippen MR) is 121 cm³/mol. The lowest BCUT2D eigenvalue weighted by molar-refractivity contribution is -0.123. The summed E-state index contributed by atoms with van der Waals surface area (Å²) in [4.78, 5) is 35.7. The van der Waals surface area contributed by atoms with Gasteiger partial charge in [-0.3, -0.25) is 14.8 Å². The van der Waals surface area contributed by atoms with Gasteiger partial charge in [0.15, 0.2) is 6.61 Å². The number of hydrogen-bond acceptors (Lipinski definition) is 6. The van der Waals surface area contributed by atoms with Gasteiger partial charge >= 0.3 is 12.0 Å². The lowest BCUT2D eigenvalue weighted by Gasteiger charge is -2.09. The second kappa shape index (κ2) is 10.9. The number of para-hydroxylation sites is 1. The molecule has 170 valence electrons. The fraction of sp³-hybridized carbons (Fsp3) is 0.0870. The third-order valence-electron chi connectivity index (χ3n) is 4.31. The van der Waals surface area contributed by atoms with E-state index < -0.39 is 34.5 Å². The van der Waals surface area contributed by atoms with Crippen LogP contribution in [-0.2, 0) is 26.1 Å². The van der Waals surface area contributed by atoms with E-state index in [1.165, 1.54) is 24.3 Å². The van der Waals surface area contributed by atoms with E-state index in [1.807, 2.05) is 30.3 Å². The highest BCUT2D eigenvalue weighted by molar-refractivity contribution is 7.92. The molecule has 0 aliphatic heterocycles. The molecule has 3 N–H and O–H groups in total. The number of urea groups is 1. The summed E-state index contributed by atoms with van der Waals surface area (Å²) in [6, 6.07) is 21.8. The molecule has 0 aliphatic carbocycles. The van der Waals surface area contributed by atoms with Crippen molar-refractivity contribution in [3.05, 3.63) is 96.1 Å². The standard InChI is InChI=1S/C23H21N3O6S/c27-21(25-23(29)24-15-17-7-3-1-4-8-17)16-32-22(28)18-11-13-20(14-12-18)33(30,31)26-19-9-5-2-6-10-19/h1-14,26H,15-16H2,(H2,24,25,27,29). The van der Waals surface area contributed by atoms with Crippen LogP contribution in [0.15, 0.2) is 89.8 Å². The number of nitrogens with one attached hydrogen (secondary N) is 3. The zero-order valence-electron chi connectivity index (χ0n) is 17.4. The van der Waals surface area contributed by atoms with Gasteiger partial charge in [-0.15, -0.1) is 0 Å². The van der Waals surface area contributed by atoms with Crippen molar-refractivity contribution in [2.24, 2.45) is 0 Å². The van der Waals surface area contributed by atoms with Crippen molar-refractivity contribution in [2.45, 2.75) is 11.4 Å². The lowest BCUT2D eigenvalue weighted by Crippen LogP contribution is -2.41. The summed E-state index contributed by atoms with van der Waals surface area (Å²) in [5, 5.41) is 4.57. The molecule has 3 aromatic carbocycles. The van der Waals surface area contributed by atoms with Gasteiger partial charge in [-0.05, 0) is 42.0 Å². The third kappa shape index (κ3) is 7.18. The number of ether oxygens (including phenoxy) is 1. The zero-order valence-corrected chi connectivity index (χ0v) is 18.2. The Kier molecular flexibility index (Phi) is 7.77. The summed E-state index contributed by atoms with van der Waals surface area (Å²) in [5.41, 5.74) is 1.31. The number of amides is 3. The van der Waals surface area contributed by atoms with E-state index in [1.54, 1.807) is 30.3 Å². The van der Waals surface area contributed by atoms with Gasteiger partial charge in [0, 0.05) is 12.2 Å². The van der Waals surface area contributed by atoms with Gasteiger partial charge < -0.3 is 10.1 Å². The molecule has 33 heavy (non-hydrogen) atoms. The molecular formula is C23H21N3O6S. The van der Waals surface area contributed by atoms with E-state index in [4.69, 9.17) is 4.74 Å². The molecule has 0 saturated carbocycles. The highest BCUT2D eigenvalue weighted by Crippen LogP contribution is 2.16. The van der Waals surface area contributed by atoms with E-state index >= 15 is 0 Å². The molecule has 0 fully saturated rings. The van der Waals surface area contributed by atoms with Crippen molar-refractivity contribution in [2.75, 3.05) is 11.3 Å². The van der Waals surface area contributed by atoms with Crippen molar-refractivity contribution >= 4 is 33.6 Å². The first-order valence-corrected chi connectivity index (χ1v) is 11.3. The smallest absolute Gasteiger partial charge is 0.338 e. The number of carbonyl (C=O) groups is 3. The van der Waals surface area contributed by atoms with Crippen LogP contribution in [0.3, 0.4) is 0 Å². The molecule has 0 aliphatic rings. The SMILES string of the molecule is O=C(COC(=O)c1ccc(S(=O)(=O)Nc2ccccc2)cc1)NC(=O)NCc1ccccc1. The number of benzene rings is 3. The van der Waals surface area contributed by atoms with Crippen LogP contribution in [0.2, 0.25) is 0 Å². The van der Waals surface area contributed by atoms with Gasteiger partial charge in [-0.25, -0.2) is 18.0 Å². The molecule has 9 nitrogen and oxygen atoms in total. The Bertz CT molecular complexity index is 1210. The quantitative estimate of drug-likeness (QED) is 0.437. The van der Waals surface area contributed by atoms with Crippen molar-refractivity contribution in [1.29, 1.82) is 0 Å². The van der Waals surface area contributed by atoms with Crippen molar-refractivity contribution in [1.82, 2.24) is 10.6 Å². The molecule has 0 heterocycles. The number of anilines is 1. The number of carbonyl (C=O) groups excluding carboxylic acids is 3. The number of imide groups is 1. The minimum Gasteiger partial charge on any atom is -0.452 e. The Balaban J connectivity index is 1.47. The van der Waals surface area contributed by atoms with Crippen LogP contribution in [0.1, 0.15) is 15.9 Å². The van der Waals surface area contributed by atoms with E-state index in [0.717, 1.165) is 5.56 Å². The first-order chi connectivity index (χ1) is 15.8. The summed E-state index contributed by atoms with van der Waals surface area (Å²) in [6.07, 6.45) is 0. The van der Waals surface area contributed by atoms with E-state index in [2.05, 4.69) is 15.4 Å². The average molecular weight is 468 g/mol. The summed E-state index contributed by atoms with van der Waals surface area (Å²) in [6.45, 7) is -0.443. The first-order valence-electron chi connectivity index (χ1n) is 9.80. The van der Waals surface area contributed by atoms with E-state index in [9.17, 15) is 22.8 Å². The third-order valence-corrected chi connectivity index (χ3v) is 5.71. The van der Waals surface area contributed by atoms with Gasteiger partial charge in [0.05, 0.1) is 10.5 Å². The van der Waals surface area contributed by atoms with Gasteiger partial charge in [0.2, 0.25) is 0 Å². The lowest BCUT2D eigenvalue weighted by atomic mass is 10.2. The second-order valence-electron chi connectivity index (χ2n) is 6.79. The maximum absolute atomic E-state index is 12.4. The fourth-order valence-electron chi connectivity index (χ4n) is 2.69. The normalized spacial score (nSPS) is 10.7. The first kappa shape index (κ1) is 23.5. The van der Waals surface area contributed by atoms with Gasteiger partial charge in [-0.1, -0.05) is 48.5 Å². The van der Waals surface area contributed by atoms with Crippen LogP contribution in [0, 0.1) is 0 Å². The molecule has 0 unspecified atom stereocenters. The minimum absolute atomic E-state index is 0.0456. The van der Waals surface area contributed by atoms with E-state index in [-0.39, 0.29) is 17.0 Å². The largest absolute Gasteiger partial charge is 0.452 e. The monoisotopic (exact) mass is 467 g/mol. The van der Waals surface area contributed by atoms with Crippen molar-refractivity contribution in [3.8, 4) is 0 Å². The summed E-state index contributed by atoms with van der Waals surface area (Å²) < 4.78 is 32.2. The van der Waals surface area contributed by atoms with E-state index in [0.29, 0.717) is 5.69 Å². The summed E-state index contributed by atoms with van der Waals surface area (Å²) >= 11 is 0. The summed E-state index contributed by atoms with van der Waals surface area (Å²) in [5.74, 6) is -1.64. The molecule has 0 saturated heterocycles. The van der Waals surface area contributed by atoms with Crippen molar-refractivity contribution in [3.63, 3.8) is 0 Å². The topological polar surface area (TPSA) is 131 Å². The van der Waals surface area contributed by atoms with Gasteiger partial charge in [0.25, 0.3) is 15.9 Å². The van der Waals surface area contributed by atoms with Gasteiger partial charge in [-0.2, -0.15) is 0 Å². The second-order valence-corrected chi connectivity index (χ2v) is 8.47. The zero-order chi connectivity index (χ0) is 23.7. The van der Waals surface area contributed by atoms with Crippen LogP contribution >= 0.6 is 0 Å². The molecule has 3 rings (SSSR count). The molecule has 0 radical (unpaired) electrons. The Morgan fingerprint density at radius 1 is 0.788 bits per heavy atom. The molecule has 0 spiro atoms. The fourth-order valence-corrected chi connectivity index (χ4v) is 3.75. The molecule has 3 amide bonds. The van der Waals surface area contributed by atoms with Gasteiger partial charge in [0.1, 0.15) is 0 Å². The molecule has 0 aromatic heterocycles. The minimum atomic E-state index is -3.83. The van der Waals surface area contributed by atoms with Crippen LogP contribution in [0.5, 0.6) is 0 Å². The maximum atomic E-state index is 12.4. The van der Waals surface area contributed by atoms with Crippen LogP contribution in [0.4, 0.5) is 10.5 Å². The molecule has 0 bridgehead atoms. The molecule has 10 heteroatoms. The molecule has 0 atom stereocenters. The van der Waals surface area contributed by atoms with Crippen LogP contribution in [0.25, 0.3) is 0 Å². The number of esters is 1. The van der Waals surface area contributed by atoms with Crippen LogP contribution < -0.4 is 15.4 Å². The Morgan fingerprint density at radius 2 is 1.39 bits per heavy atom. The number of hydrogen-bond donors (Lipinski definition) is 3. The Morgan fingerprint density at radius 3 is 2.03 bits per heavy atom. The van der Waals surface area contributed by atoms with Crippen LogP contribution in [-0.4, -0.2) is 32.9 Å². The Labute approximate surface area is 190 Å².